The quantitative estimate of drug-likeness (QED) is 0.357. The summed E-state index contributed by atoms with van der Waals surface area (Å²) in [6, 6.07) is 14.8. The first-order valence-electron chi connectivity index (χ1n) is 10.3. The van der Waals surface area contributed by atoms with Crippen LogP contribution in [0, 0.1) is 23.7 Å². The topological polar surface area (TPSA) is 90.4 Å². The zero-order chi connectivity index (χ0) is 25.0. The van der Waals surface area contributed by atoms with Crippen LogP contribution in [0.5, 0.6) is 11.5 Å². The molecule has 0 spiro atoms. The van der Waals surface area contributed by atoms with Gasteiger partial charge in [-0.15, -0.1) is 31.4 Å². The van der Waals surface area contributed by atoms with Gasteiger partial charge < -0.3 is 19.9 Å². The van der Waals surface area contributed by atoms with Crippen molar-refractivity contribution in [1.82, 2.24) is 4.98 Å². The molecule has 6 nitrogen and oxygen atoms in total. The van der Waals surface area contributed by atoms with E-state index in [1.54, 1.807) is 30.3 Å². The first-order chi connectivity index (χ1) is 16.8. The van der Waals surface area contributed by atoms with Gasteiger partial charge in [0, 0.05) is 11.3 Å². The highest BCUT2D eigenvalue weighted by Gasteiger charge is 2.31. The lowest BCUT2D eigenvalue weighted by molar-refractivity contribution is -0.274. The lowest BCUT2D eigenvalue weighted by Gasteiger charge is -2.26. The summed E-state index contributed by atoms with van der Waals surface area (Å²) in [5, 5.41) is 10.1. The maximum atomic E-state index is 12.5. The van der Waals surface area contributed by atoms with Crippen LogP contribution in [0.3, 0.4) is 0 Å². The zero-order valence-corrected chi connectivity index (χ0v) is 18.9. The van der Waals surface area contributed by atoms with Crippen molar-refractivity contribution < 1.29 is 27.4 Å². The number of thioether (sulfide) groups is 1. The molecule has 1 saturated heterocycles. The maximum absolute atomic E-state index is 12.5. The molecule has 0 bridgehead atoms. The van der Waals surface area contributed by atoms with E-state index in [2.05, 4.69) is 21.7 Å². The number of ether oxygens (including phenoxy) is 3. The summed E-state index contributed by atoms with van der Waals surface area (Å²) in [4.78, 5) is 4.30. The molecular formula is C25H18F3N3O3S. The Bertz CT molecular complexity index is 1310. The molecule has 2 N–H and O–H groups in total. The SMILES string of the molecule is C#Cc1c(SCc2cccc(OC(F)(F)F)c2)nc(N)c(C#N)c1-c1ccc(OC2COC2)cc1. The second kappa shape index (κ2) is 10.2. The van der Waals surface area contributed by atoms with Crippen LogP contribution in [0.2, 0.25) is 0 Å². The normalized spacial score (nSPS) is 13.4. The summed E-state index contributed by atoms with van der Waals surface area (Å²) in [5.41, 5.74) is 8.26. The summed E-state index contributed by atoms with van der Waals surface area (Å²) >= 11 is 1.20. The molecule has 0 radical (unpaired) electrons. The molecular weight excluding hydrogens is 479 g/mol. The van der Waals surface area contributed by atoms with Gasteiger partial charge in [-0.2, -0.15) is 5.26 Å². The number of aromatic nitrogens is 1. The summed E-state index contributed by atoms with van der Waals surface area (Å²) in [6.07, 6.45) is 1.03. The summed E-state index contributed by atoms with van der Waals surface area (Å²) in [5.74, 6) is 3.18. The highest BCUT2D eigenvalue weighted by atomic mass is 32.2. The van der Waals surface area contributed by atoms with Crippen molar-refractivity contribution in [2.75, 3.05) is 18.9 Å². The second-order valence-corrected chi connectivity index (χ2v) is 8.43. The van der Waals surface area contributed by atoms with Gasteiger partial charge in [-0.25, -0.2) is 4.98 Å². The van der Waals surface area contributed by atoms with Crippen LogP contribution in [0.15, 0.2) is 53.6 Å². The predicted molar refractivity (Wildman–Crippen MR) is 125 cm³/mol. The van der Waals surface area contributed by atoms with Crippen molar-refractivity contribution in [3.05, 3.63) is 65.2 Å². The third-order valence-corrected chi connectivity index (χ3v) is 6.06. The van der Waals surface area contributed by atoms with Crippen molar-refractivity contribution in [2.24, 2.45) is 0 Å². The van der Waals surface area contributed by atoms with Crippen molar-refractivity contribution in [1.29, 1.82) is 5.26 Å². The van der Waals surface area contributed by atoms with E-state index in [0.29, 0.717) is 46.2 Å². The number of hydrogen-bond acceptors (Lipinski definition) is 7. The van der Waals surface area contributed by atoms with Crippen LogP contribution < -0.4 is 15.2 Å². The Hall–Kier alpha value is -3.86. The molecule has 2 aromatic carbocycles. The van der Waals surface area contributed by atoms with Crippen LogP contribution in [0.4, 0.5) is 19.0 Å². The van der Waals surface area contributed by atoms with Crippen LogP contribution in [-0.4, -0.2) is 30.7 Å². The second-order valence-electron chi connectivity index (χ2n) is 7.47. The van der Waals surface area contributed by atoms with Crippen molar-refractivity contribution in [3.8, 4) is 41.0 Å². The van der Waals surface area contributed by atoms with Gasteiger partial charge >= 0.3 is 6.36 Å². The highest BCUT2D eigenvalue weighted by Crippen LogP contribution is 2.37. The zero-order valence-electron chi connectivity index (χ0n) is 18.1. The molecule has 1 fully saturated rings. The number of nitriles is 1. The van der Waals surface area contributed by atoms with Gasteiger partial charge in [-0.3, -0.25) is 0 Å². The van der Waals surface area contributed by atoms with Gasteiger partial charge in [0.25, 0.3) is 0 Å². The van der Waals surface area contributed by atoms with E-state index >= 15 is 0 Å². The fraction of sp³-hybridized carbons (Fsp3) is 0.200. The van der Waals surface area contributed by atoms with E-state index in [0.717, 1.165) is 0 Å². The van der Waals surface area contributed by atoms with E-state index in [1.165, 1.54) is 30.0 Å². The molecule has 1 aliphatic rings. The summed E-state index contributed by atoms with van der Waals surface area (Å²) in [6.45, 7) is 1.07. The van der Waals surface area contributed by atoms with Crippen LogP contribution >= 0.6 is 11.8 Å². The number of terminal acetylenes is 1. The number of rotatable bonds is 7. The lowest BCUT2D eigenvalue weighted by Crippen LogP contribution is -2.38. The molecule has 1 aliphatic heterocycles. The number of nitrogens with zero attached hydrogens (tertiary/aromatic N) is 2. The standard InChI is InChI=1S/C25H18F3N3O3S/c1-2-20-22(16-6-8-17(9-7-16)33-19-12-32-13-19)21(11-29)23(30)31-24(20)35-14-15-4-3-5-18(10-15)34-25(26,27)28/h1,3-10,19H,12-14H2,(H2,30,31). The van der Waals surface area contributed by atoms with Gasteiger partial charge in [0.1, 0.15) is 40.1 Å². The minimum Gasteiger partial charge on any atom is -0.486 e. The third-order valence-electron chi connectivity index (χ3n) is 5.01. The fourth-order valence-electron chi connectivity index (χ4n) is 3.38. The Kier molecular flexibility index (Phi) is 7.06. The molecule has 178 valence electrons. The van der Waals surface area contributed by atoms with Gasteiger partial charge in [-0.1, -0.05) is 30.2 Å². The Morgan fingerprint density at radius 1 is 1.14 bits per heavy atom. The maximum Gasteiger partial charge on any atom is 0.573 e. The molecule has 0 amide bonds. The van der Waals surface area contributed by atoms with Gasteiger partial charge in [0.15, 0.2) is 0 Å². The van der Waals surface area contributed by atoms with E-state index in [9.17, 15) is 18.4 Å². The van der Waals surface area contributed by atoms with Gasteiger partial charge in [0.2, 0.25) is 0 Å². The molecule has 2 heterocycles. The van der Waals surface area contributed by atoms with Crippen LogP contribution in [0.25, 0.3) is 11.1 Å². The van der Waals surface area contributed by atoms with Crippen molar-refractivity contribution in [2.45, 2.75) is 23.2 Å². The fourth-order valence-corrected chi connectivity index (χ4v) is 4.33. The van der Waals surface area contributed by atoms with E-state index in [1.807, 2.05) is 0 Å². The third kappa shape index (κ3) is 5.80. The smallest absolute Gasteiger partial charge is 0.486 e. The average molecular weight is 497 g/mol. The van der Waals surface area contributed by atoms with Gasteiger partial charge in [0.05, 0.1) is 18.8 Å². The number of halogens is 3. The van der Waals surface area contributed by atoms with E-state index in [4.69, 9.17) is 21.6 Å². The molecule has 3 aromatic rings. The average Bonchev–Trinajstić information content (AvgIpc) is 2.79. The Morgan fingerprint density at radius 3 is 2.49 bits per heavy atom. The van der Waals surface area contributed by atoms with Gasteiger partial charge in [-0.05, 0) is 35.4 Å². The van der Waals surface area contributed by atoms with Crippen LogP contribution in [-0.2, 0) is 10.5 Å². The minimum atomic E-state index is -4.79. The molecule has 0 saturated carbocycles. The molecule has 1 aromatic heterocycles. The summed E-state index contributed by atoms with van der Waals surface area (Å²) < 4.78 is 52.5. The van der Waals surface area contributed by atoms with Crippen molar-refractivity contribution >= 4 is 17.6 Å². The number of alkyl halides is 3. The molecule has 35 heavy (non-hydrogen) atoms. The minimum absolute atomic E-state index is 0.00472. The number of nitrogens with two attached hydrogens (primary N) is 1. The number of nitrogen functional groups attached to an aromatic ring is 1. The molecule has 0 aliphatic carbocycles. The first-order valence-corrected chi connectivity index (χ1v) is 11.3. The van der Waals surface area contributed by atoms with E-state index in [-0.39, 0.29) is 29.0 Å². The largest absolute Gasteiger partial charge is 0.573 e. The first kappa shape index (κ1) is 24.3. The molecule has 0 atom stereocenters. The van der Waals surface area contributed by atoms with Crippen LogP contribution in [0.1, 0.15) is 16.7 Å². The lowest BCUT2D eigenvalue weighted by atomic mass is 9.96. The Balaban J connectivity index is 1.63. The molecule has 4 rings (SSSR count). The monoisotopic (exact) mass is 497 g/mol. The Labute approximate surface area is 203 Å². The molecule has 0 unspecified atom stereocenters. The number of hydrogen-bond donors (Lipinski definition) is 1. The van der Waals surface area contributed by atoms with E-state index < -0.39 is 6.36 Å². The van der Waals surface area contributed by atoms with Crippen molar-refractivity contribution in [3.63, 3.8) is 0 Å². The number of anilines is 1. The highest BCUT2D eigenvalue weighted by molar-refractivity contribution is 7.98. The predicted octanol–water partition coefficient (Wildman–Crippen LogP) is 5.15. The summed E-state index contributed by atoms with van der Waals surface area (Å²) in [7, 11) is 0. The number of pyridine rings is 1. The number of benzene rings is 2. The Morgan fingerprint density at radius 2 is 1.89 bits per heavy atom. The molecule has 10 heteroatoms.